The van der Waals surface area contributed by atoms with E-state index in [0.29, 0.717) is 0 Å². The molecule has 0 saturated heterocycles. The lowest BCUT2D eigenvalue weighted by atomic mass is 10.0. The Balaban J connectivity index is 0.00000144. The lowest BCUT2D eigenvalue weighted by molar-refractivity contribution is 0.990. The Morgan fingerprint density at radius 1 is 0.579 bits per heavy atom. The van der Waals surface area contributed by atoms with Gasteiger partial charge in [0.2, 0.25) is 0 Å². The molecule has 2 aromatic heterocycles. The van der Waals surface area contributed by atoms with Crippen LogP contribution in [0.2, 0.25) is 0 Å². The van der Waals surface area contributed by atoms with Crippen LogP contribution in [0, 0.1) is 11.8 Å². The average Bonchev–Trinajstić information content (AvgIpc) is 3.67. The standard InChI is InChI=1S/C32H26N4.C2H4/c1-3-31-33-19-29(35-31)27-13-11-23-15-21(7-9-25(23)17-27)5-6-22-8-10-26-18-28(14-12-24(26)16-22)30-20-34-32(4-2)36-30;1-2/h7-20H,3-4H2,1-2H3,(H,33,35)(H,34,36);1-2H2. The number of H-pyrrole nitrogens is 2. The molecule has 2 heterocycles. The van der Waals surface area contributed by atoms with E-state index in [0.717, 1.165) is 58.1 Å². The first kappa shape index (κ1) is 24.8. The Kier molecular flexibility index (Phi) is 7.19. The highest BCUT2D eigenvalue weighted by molar-refractivity contribution is 5.89. The van der Waals surface area contributed by atoms with E-state index in [1.807, 2.05) is 12.4 Å². The number of hydrogen-bond donors (Lipinski definition) is 2. The van der Waals surface area contributed by atoms with E-state index in [-0.39, 0.29) is 0 Å². The van der Waals surface area contributed by atoms with Crippen LogP contribution in [0.4, 0.5) is 0 Å². The lowest BCUT2D eigenvalue weighted by Crippen LogP contribution is -1.84. The summed E-state index contributed by atoms with van der Waals surface area (Å²) in [7, 11) is 0. The molecule has 4 nitrogen and oxygen atoms in total. The maximum Gasteiger partial charge on any atom is 0.106 e. The second kappa shape index (κ2) is 11.0. The summed E-state index contributed by atoms with van der Waals surface area (Å²) in [5.74, 6) is 8.70. The average molecular weight is 495 g/mol. The van der Waals surface area contributed by atoms with E-state index in [4.69, 9.17) is 0 Å². The predicted octanol–water partition coefficient (Wildman–Crippen LogP) is 8.10. The Bertz CT molecular complexity index is 1660. The number of aromatic nitrogens is 4. The molecule has 0 saturated carbocycles. The summed E-state index contributed by atoms with van der Waals surface area (Å²) in [5, 5.41) is 4.74. The fourth-order valence-electron chi connectivity index (χ4n) is 4.50. The molecule has 38 heavy (non-hydrogen) atoms. The third-order valence-electron chi connectivity index (χ3n) is 6.58. The highest BCUT2D eigenvalue weighted by Gasteiger charge is 2.05. The first-order valence-corrected chi connectivity index (χ1v) is 12.9. The second-order valence-electron chi connectivity index (χ2n) is 9.00. The van der Waals surface area contributed by atoms with Crippen molar-refractivity contribution in [2.45, 2.75) is 26.7 Å². The SMILES string of the molecule is C=C.CCc1ncc(-c2ccc3cc(C#Cc4ccc5cc(-c6cnc(CC)[nH]6)ccc5c4)ccc3c2)[nH]1. The normalized spacial score (nSPS) is 10.6. The number of imidazole rings is 2. The van der Waals surface area contributed by atoms with Crippen molar-refractivity contribution < 1.29 is 0 Å². The smallest absolute Gasteiger partial charge is 0.106 e. The minimum absolute atomic E-state index is 0.902. The third kappa shape index (κ3) is 5.14. The summed E-state index contributed by atoms with van der Waals surface area (Å²) in [6.45, 7) is 10.2. The highest BCUT2D eigenvalue weighted by Crippen LogP contribution is 2.26. The van der Waals surface area contributed by atoms with E-state index in [1.165, 1.54) is 21.5 Å². The van der Waals surface area contributed by atoms with Crippen LogP contribution in [-0.4, -0.2) is 19.9 Å². The van der Waals surface area contributed by atoms with Gasteiger partial charge in [-0.15, -0.1) is 13.2 Å². The van der Waals surface area contributed by atoms with Crippen molar-refractivity contribution in [2.24, 2.45) is 0 Å². The fraction of sp³-hybridized carbons (Fsp3) is 0.118. The molecule has 0 amide bonds. The number of aromatic amines is 2. The van der Waals surface area contributed by atoms with Crippen LogP contribution in [-0.2, 0) is 12.8 Å². The molecule has 6 rings (SSSR count). The van der Waals surface area contributed by atoms with Crippen molar-refractivity contribution in [3.8, 4) is 34.4 Å². The van der Waals surface area contributed by atoms with Gasteiger partial charge in [0.1, 0.15) is 11.6 Å². The number of hydrogen-bond acceptors (Lipinski definition) is 2. The van der Waals surface area contributed by atoms with Gasteiger partial charge in [-0.05, 0) is 57.9 Å². The molecule has 0 atom stereocenters. The lowest BCUT2D eigenvalue weighted by Gasteiger charge is -2.03. The zero-order valence-corrected chi connectivity index (χ0v) is 21.8. The highest BCUT2D eigenvalue weighted by atomic mass is 14.9. The minimum atomic E-state index is 0.902. The van der Waals surface area contributed by atoms with Crippen molar-refractivity contribution in [1.82, 2.24) is 19.9 Å². The van der Waals surface area contributed by atoms with Gasteiger partial charge in [0.15, 0.2) is 0 Å². The second-order valence-corrected chi connectivity index (χ2v) is 9.00. The van der Waals surface area contributed by atoms with E-state index < -0.39 is 0 Å². The van der Waals surface area contributed by atoms with Crippen LogP contribution < -0.4 is 0 Å². The number of nitrogens with one attached hydrogen (secondary N) is 2. The molecule has 0 radical (unpaired) electrons. The Labute approximate surface area is 223 Å². The Morgan fingerprint density at radius 2 is 0.974 bits per heavy atom. The summed E-state index contributed by atoms with van der Waals surface area (Å²) < 4.78 is 0. The van der Waals surface area contributed by atoms with Crippen LogP contribution in [0.5, 0.6) is 0 Å². The number of nitrogens with zero attached hydrogens (tertiary/aromatic N) is 2. The Hall–Kier alpha value is -4.88. The van der Waals surface area contributed by atoms with E-state index in [9.17, 15) is 0 Å². The summed E-state index contributed by atoms with van der Waals surface area (Å²) in [5.41, 5.74) is 6.41. The number of aryl methyl sites for hydroxylation is 2. The van der Waals surface area contributed by atoms with Crippen molar-refractivity contribution >= 4 is 21.5 Å². The largest absolute Gasteiger partial charge is 0.342 e. The van der Waals surface area contributed by atoms with Crippen LogP contribution >= 0.6 is 0 Å². The van der Waals surface area contributed by atoms with E-state index in [2.05, 4.69) is 132 Å². The molecule has 0 bridgehead atoms. The molecule has 0 aliphatic carbocycles. The van der Waals surface area contributed by atoms with Crippen molar-refractivity contribution in [3.05, 3.63) is 121 Å². The molecule has 0 unspecified atom stereocenters. The van der Waals surface area contributed by atoms with Gasteiger partial charge in [-0.3, -0.25) is 0 Å². The molecule has 4 aromatic carbocycles. The number of fused-ring (bicyclic) bond motifs is 2. The molecule has 186 valence electrons. The van der Waals surface area contributed by atoms with Gasteiger partial charge in [0.05, 0.1) is 23.8 Å². The zero-order valence-electron chi connectivity index (χ0n) is 21.8. The quantitative estimate of drug-likeness (QED) is 0.192. The molecule has 4 heteroatoms. The molecule has 0 fully saturated rings. The van der Waals surface area contributed by atoms with Gasteiger partial charge >= 0.3 is 0 Å². The minimum Gasteiger partial charge on any atom is -0.342 e. The molecule has 0 aliphatic heterocycles. The zero-order chi connectivity index (χ0) is 26.5. The van der Waals surface area contributed by atoms with Gasteiger partial charge in [-0.2, -0.15) is 0 Å². The van der Waals surface area contributed by atoms with E-state index >= 15 is 0 Å². The van der Waals surface area contributed by atoms with Gasteiger partial charge in [0, 0.05) is 35.1 Å². The number of benzene rings is 4. The monoisotopic (exact) mass is 494 g/mol. The maximum atomic E-state index is 4.42. The van der Waals surface area contributed by atoms with Crippen LogP contribution in [0.15, 0.2) is 98.3 Å². The summed E-state index contributed by atoms with van der Waals surface area (Å²) in [6, 6.07) is 25.7. The predicted molar refractivity (Wildman–Crippen MR) is 159 cm³/mol. The van der Waals surface area contributed by atoms with E-state index in [1.54, 1.807) is 0 Å². The summed E-state index contributed by atoms with van der Waals surface area (Å²) in [4.78, 5) is 15.6. The van der Waals surface area contributed by atoms with Crippen molar-refractivity contribution in [1.29, 1.82) is 0 Å². The molecule has 0 aliphatic rings. The van der Waals surface area contributed by atoms with Gasteiger partial charge < -0.3 is 9.97 Å². The molecule has 6 aromatic rings. The molecular weight excluding hydrogens is 464 g/mol. The Morgan fingerprint density at radius 3 is 1.37 bits per heavy atom. The molecule has 0 spiro atoms. The van der Waals surface area contributed by atoms with Crippen molar-refractivity contribution in [2.75, 3.05) is 0 Å². The third-order valence-corrected chi connectivity index (χ3v) is 6.58. The molecular formula is C34H30N4. The van der Waals surface area contributed by atoms with Gasteiger partial charge in [-0.25, -0.2) is 9.97 Å². The first-order valence-electron chi connectivity index (χ1n) is 12.9. The topological polar surface area (TPSA) is 57.4 Å². The van der Waals surface area contributed by atoms with Crippen molar-refractivity contribution in [3.63, 3.8) is 0 Å². The fourth-order valence-corrected chi connectivity index (χ4v) is 4.50. The van der Waals surface area contributed by atoms with Crippen LogP contribution in [0.25, 0.3) is 44.1 Å². The number of rotatable bonds is 4. The van der Waals surface area contributed by atoms with Gasteiger partial charge in [0.25, 0.3) is 0 Å². The van der Waals surface area contributed by atoms with Crippen LogP contribution in [0.3, 0.4) is 0 Å². The van der Waals surface area contributed by atoms with Crippen LogP contribution in [0.1, 0.15) is 36.6 Å². The molecule has 2 N–H and O–H groups in total. The summed E-state index contributed by atoms with van der Waals surface area (Å²) in [6.07, 6.45) is 5.62. The van der Waals surface area contributed by atoms with Gasteiger partial charge in [-0.1, -0.05) is 62.1 Å². The maximum absolute atomic E-state index is 4.42. The summed E-state index contributed by atoms with van der Waals surface area (Å²) >= 11 is 0. The first-order chi connectivity index (χ1) is 18.7.